The van der Waals surface area contributed by atoms with Crippen LogP contribution in [0.3, 0.4) is 0 Å². The Morgan fingerprint density at radius 3 is 2.00 bits per heavy atom. The van der Waals surface area contributed by atoms with E-state index in [1.807, 2.05) is 27.7 Å². The van der Waals surface area contributed by atoms with Crippen LogP contribution < -0.4 is 0 Å². The number of carbonyl (C=O) groups is 2. The third kappa shape index (κ3) is 2.83. The Kier molecular flexibility index (Phi) is 3.43. The predicted molar refractivity (Wildman–Crippen MR) is 44.3 cm³/mol. The van der Waals surface area contributed by atoms with Gasteiger partial charge in [-0.05, 0) is 6.42 Å². The molecule has 1 atom stereocenters. The number of carbonyl (C=O) groups excluding carboxylic acids is 2. The molecule has 0 fully saturated rings. The molecule has 11 heavy (non-hydrogen) atoms. The second-order valence-corrected chi connectivity index (χ2v) is 3.77. The van der Waals surface area contributed by atoms with Gasteiger partial charge in [0.15, 0.2) is 0 Å². The number of hydrogen-bond acceptors (Lipinski definition) is 2. The molecule has 0 aliphatic heterocycles. The molecular formula is C9H16O2. The Hall–Kier alpha value is -0.660. The lowest BCUT2D eigenvalue weighted by Crippen LogP contribution is -2.28. The second kappa shape index (κ2) is 3.65. The van der Waals surface area contributed by atoms with Crippen LogP contribution in [-0.4, -0.2) is 12.1 Å². The van der Waals surface area contributed by atoms with Gasteiger partial charge in [0.2, 0.25) is 0 Å². The van der Waals surface area contributed by atoms with Crippen molar-refractivity contribution in [1.29, 1.82) is 0 Å². The van der Waals surface area contributed by atoms with E-state index < -0.39 is 5.92 Å². The SMILES string of the molecule is CCC(C=O)C(=O)C(C)(C)C. The van der Waals surface area contributed by atoms with Gasteiger partial charge in [-0.15, -0.1) is 0 Å². The lowest BCUT2D eigenvalue weighted by Gasteiger charge is -2.19. The first kappa shape index (κ1) is 10.3. The van der Waals surface area contributed by atoms with Crippen LogP contribution in [0.2, 0.25) is 0 Å². The van der Waals surface area contributed by atoms with E-state index in [9.17, 15) is 9.59 Å². The van der Waals surface area contributed by atoms with E-state index in [2.05, 4.69) is 0 Å². The molecule has 0 saturated carbocycles. The molecule has 0 aliphatic rings. The molecule has 0 aromatic carbocycles. The molecule has 0 aromatic heterocycles. The molecule has 1 unspecified atom stereocenters. The topological polar surface area (TPSA) is 34.1 Å². The fourth-order valence-corrected chi connectivity index (χ4v) is 0.900. The third-order valence-electron chi connectivity index (χ3n) is 1.68. The van der Waals surface area contributed by atoms with Crippen LogP contribution in [0.1, 0.15) is 34.1 Å². The zero-order valence-corrected chi connectivity index (χ0v) is 7.68. The quantitative estimate of drug-likeness (QED) is 0.461. The van der Waals surface area contributed by atoms with Gasteiger partial charge < -0.3 is 4.79 Å². The minimum absolute atomic E-state index is 0.0370. The van der Waals surface area contributed by atoms with Crippen molar-refractivity contribution < 1.29 is 9.59 Å². The van der Waals surface area contributed by atoms with Crippen LogP contribution in [0.15, 0.2) is 0 Å². The normalized spacial score (nSPS) is 14.2. The van der Waals surface area contributed by atoms with E-state index in [4.69, 9.17) is 0 Å². The highest BCUT2D eigenvalue weighted by Crippen LogP contribution is 2.20. The van der Waals surface area contributed by atoms with Crippen molar-refractivity contribution in [1.82, 2.24) is 0 Å². The summed E-state index contributed by atoms with van der Waals surface area (Å²) in [5, 5.41) is 0. The summed E-state index contributed by atoms with van der Waals surface area (Å²) in [6, 6.07) is 0. The molecule has 0 aliphatic carbocycles. The fourth-order valence-electron chi connectivity index (χ4n) is 0.900. The Morgan fingerprint density at radius 2 is 1.91 bits per heavy atom. The van der Waals surface area contributed by atoms with Crippen molar-refractivity contribution in [3.63, 3.8) is 0 Å². The maximum Gasteiger partial charge on any atom is 0.148 e. The summed E-state index contributed by atoms with van der Waals surface area (Å²) in [4.78, 5) is 21.8. The summed E-state index contributed by atoms with van der Waals surface area (Å²) in [6.07, 6.45) is 1.35. The maximum absolute atomic E-state index is 11.4. The average molecular weight is 156 g/mol. The van der Waals surface area contributed by atoms with Crippen molar-refractivity contribution in [2.24, 2.45) is 11.3 Å². The first-order chi connectivity index (χ1) is 4.93. The highest BCUT2D eigenvalue weighted by Gasteiger charge is 2.27. The third-order valence-corrected chi connectivity index (χ3v) is 1.68. The fraction of sp³-hybridized carbons (Fsp3) is 0.778. The molecule has 2 heteroatoms. The maximum atomic E-state index is 11.4. The van der Waals surface area contributed by atoms with Crippen molar-refractivity contribution in [3.8, 4) is 0 Å². The Labute approximate surface area is 68.0 Å². The van der Waals surface area contributed by atoms with Crippen LogP contribution in [-0.2, 0) is 9.59 Å². The van der Waals surface area contributed by atoms with Crippen LogP contribution >= 0.6 is 0 Å². The zero-order chi connectivity index (χ0) is 9.07. The molecule has 64 valence electrons. The van der Waals surface area contributed by atoms with Crippen molar-refractivity contribution >= 4 is 12.1 Å². The van der Waals surface area contributed by atoms with E-state index >= 15 is 0 Å². The largest absolute Gasteiger partial charge is 0.303 e. The molecule has 0 bridgehead atoms. The van der Waals surface area contributed by atoms with Gasteiger partial charge in [0, 0.05) is 5.41 Å². The van der Waals surface area contributed by atoms with Gasteiger partial charge in [-0.25, -0.2) is 0 Å². The molecule has 0 radical (unpaired) electrons. The van der Waals surface area contributed by atoms with Gasteiger partial charge in [-0.1, -0.05) is 27.7 Å². The summed E-state index contributed by atoms with van der Waals surface area (Å²) in [6.45, 7) is 7.35. The minimum atomic E-state index is -0.407. The number of aldehydes is 1. The van der Waals surface area contributed by atoms with Gasteiger partial charge in [-0.2, -0.15) is 0 Å². The average Bonchev–Trinajstić information content (AvgIpc) is 1.88. The van der Waals surface area contributed by atoms with Crippen LogP contribution in [0.25, 0.3) is 0 Å². The molecular weight excluding hydrogens is 140 g/mol. The second-order valence-electron chi connectivity index (χ2n) is 3.77. The first-order valence-corrected chi connectivity index (χ1v) is 3.93. The summed E-state index contributed by atoms with van der Waals surface area (Å²) < 4.78 is 0. The van der Waals surface area contributed by atoms with Gasteiger partial charge in [0.05, 0.1) is 5.92 Å². The Bertz CT molecular complexity index is 153. The highest BCUT2D eigenvalue weighted by molar-refractivity contribution is 5.96. The van der Waals surface area contributed by atoms with Gasteiger partial charge >= 0.3 is 0 Å². The molecule has 0 spiro atoms. The van der Waals surface area contributed by atoms with E-state index in [0.717, 1.165) is 6.29 Å². The zero-order valence-electron chi connectivity index (χ0n) is 7.68. The molecule has 0 N–H and O–H groups in total. The standard InChI is InChI=1S/C9H16O2/c1-5-7(6-10)8(11)9(2,3)4/h6-7H,5H2,1-4H3. The lowest BCUT2D eigenvalue weighted by atomic mass is 9.82. The molecule has 0 amide bonds. The predicted octanol–water partition coefficient (Wildman–Crippen LogP) is 1.83. The lowest BCUT2D eigenvalue weighted by molar-refractivity contribution is -0.133. The number of ketones is 1. The van der Waals surface area contributed by atoms with Gasteiger partial charge in [-0.3, -0.25) is 4.79 Å². The molecule has 2 nitrogen and oxygen atoms in total. The van der Waals surface area contributed by atoms with Crippen molar-refractivity contribution in [2.45, 2.75) is 34.1 Å². The van der Waals surface area contributed by atoms with Crippen molar-refractivity contribution in [3.05, 3.63) is 0 Å². The van der Waals surface area contributed by atoms with E-state index in [1.165, 1.54) is 0 Å². The molecule has 0 aromatic rings. The molecule has 0 saturated heterocycles. The van der Waals surface area contributed by atoms with Gasteiger partial charge in [0.1, 0.15) is 12.1 Å². The van der Waals surface area contributed by atoms with Crippen LogP contribution in [0.4, 0.5) is 0 Å². The molecule has 0 heterocycles. The van der Waals surface area contributed by atoms with Gasteiger partial charge in [0.25, 0.3) is 0 Å². The number of hydrogen-bond donors (Lipinski definition) is 0. The number of Topliss-reactive ketones (excluding diaryl/α,β-unsaturated/α-hetero) is 1. The van der Waals surface area contributed by atoms with E-state index in [-0.39, 0.29) is 11.2 Å². The summed E-state index contributed by atoms with van der Waals surface area (Å²) in [7, 11) is 0. The summed E-state index contributed by atoms with van der Waals surface area (Å²) in [5.74, 6) is -0.370. The van der Waals surface area contributed by atoms with Crippen molar-refractivity contribution in [2.75, 3.05) is 0 Å². The number of rotatable bonds is 3. The first-order valence-electron chi connectivity index (χ1n) is 3.93. The highest BCUT2D eigenvalue weighted by atomic mass is 16.1. The minimum Gasteiger partial charge on any atom is -0.303 e. The summed E-state index contributed by atoms with van der Waals surface area (Å²) in [5.41, 5.74) is -0.387. The monoisotopic (exact) mass is 156 g/mol. The Morgan fingerprint density at radius 1 is 1.45 bits per heavy atom. The van der Waals surface area contributed by atoms with E-state index in [0.29, 0.717) is 6.42 Å². The Balaban J connectivity index is 4.33. The van der Waals surface area contributed by atoms with Crippen LogP contribution in [0.5, 0.6) is 0 Å². The van der Waals surface area contributed by atoms with E-state index in [1.54, 1.807) is 0 Å². The van der Waals surface area contributed by atoms with Crippen LogP contribution in [0, 0.1) is 11.3 Å². The molecule has 0 rings (SSSR count). The summed E-state index contributed by atoms with van der Waals surface area (Å²) >= 11 is 0. The smallest absolute Gasteiger partial charge is 0.148 e.